The minimum atomic E-state index is 0.169. The molecule has 0 aromatic heterocycles. The smallest absolute Gasteiger partial charge is 0.152 e. The van der Waals surface area contributed by atoms with E-state index in [0.717, 1.165) is 5.56 Å². The van der Waals surface area contributed by atoms with Crippen LogP contribution in [0.4, 0.5) is 0 Å². The van der Waals surface area contributed by atoms with Gasteiger partial charge in [-0.1, -0.05) is 12.0 Å². The lowest BCUT2D eigenvalue weighted by Gasteiger charge is -1.96. The van der Waals surface area contributed by atoms with E-state index in [9.17, 15) is 0 Å². The van der Waals surface area contributed by atoms with Crippen molar-refractivity contribution >= 4 is 0 Å². The van der Waals surface area contributed by atoms with Crippen molar-refractivity contribution < 1.29 is 5.11 Å². The van der Waals surface area contributed by atoms with Crippen molar-refractivity contribution in [3.63, 3.8) is 0 Å². The van der Waals surface area contributed by atoms with Crippen LogP contribution in [0, 0.1) is 30.1 Å². The first-order valence-corrected chi connectivity index (χ1v) is 3.44. The fourth-order valence-corrected chi connectivity index (χ4v) is 0.840. The summed E-state index contributed by atoms with van der Waals surface area (Å²) in [6.07, 6.45) is 0. The van der Waals surface area contributed by atoms with Gasteiger partial charge in [-0.2, -0.15) is 5.26 Å². The number of nitriles is 1. The van der Waals surface area contributed by atoms with Crippen LogP contribution in [0.2, 0.25) is 0 Å². The number of hydrogen-bond donors (Lipinski definition) is 1. The van der Waals surface area contributed by atoms with E-state index >= 15 is 0 Å². The second kappa shape index (κ2) is 3.46. The molecule has 0 fully saturated rings. The molecule has 2 heteroatoms. The number of phenolic OH excluding ortho intramolecular Hbond substituents is 1. The molecule has 0 amide bonds. The zero-order valence-corrected chi connectivity index (χ0v) is 6.63. The minimum Gasteiger partial charge on any atom is -0.508 e. The largest absolute Gasteiger partial charge is 0.508 e. The van der Waals surface area contributed by atoms with Crippen LogP contribution in [-0.4, -0.2) is 5.11 Å². The Morgan fingerprint density at radius 2 is 2.17 bits per heavy atom. The molecule has 1 rings (SSSR count). The summed E-state index contributed by atoms with van der Waals surface area (Å²) in [5.74, 6) is 5.08. The highest BCUT2D eigenvalue weighted by atomic mass is 16.3. The summed E-state index contributed by atoms with van der Waals surface area (Å²) in [7, 11) is 0. The molecule has 1 aromatic carbocycles. The van der Waals surface area contributed by atoms with E-state index in [0.29, 0.717) is 5.56 Å². The molecule has 0 unspecified atom stereocenters. The average molecular weight is 157 g/mol. The molecule has 0 aliphatic rings. The Hall–Kier alpha value is -1.93. The molecule has 2 nitrogen and oxygen atoms in total. The van der Waals surface area contributed by atoms with Crippen molar-refractivity contribution in [3.8, 4) is 23.7 Å². The Kier molecular flexibility index (Phi) is 2.35. The molecule has 0 saturated heterocycles. The Morgan fingerprint density at radius 1 is 1.42 bits per heavy atom. The number of hydrogen-bond acceptors (Lipinski definition) is 2. The molecule has 0 aliphatic carbocycles. The Morgan fingerprint density at radius 3 is 2.83 bits per heavy atom. The fraction of sp³-hybridized carbons (Fsp3) is 0.100. The molecule has 1 N–H and O–H groups in total. The molecular weight excluding hydrogens is 150 g/mol. The van der Waals surface area contributed by atoms with Gasteiger partial charge in [0.25, 0.3) is 0 Å². The number of aromatic hydroxyl groups is 1. The normalized spacial score (nSPS) is 8.00. The van der Waals surface area contributed by atoms with Crippen molar-refractivity contribution in [2.75, 3.05) is 0 Å². The highest BCUT2D eigenvalue weighted by Gasteiger charge is 1.94. The number of rotatable bonds is 0. The zero-order chi connectivity index (χ0) is 8.97. The van der Waals surface area contributed by atoms with E-state index in [-0.39, 0.29) is 5.75 Å². The molecule has 0 heterocycles. The number of benzene rings is 1. The molecule has 12 heavy (non-hydrogen) atoms. The molecular formula is C10H7NO. The minimum absolute atomic E-state index is 0.169. The third kappa shape index (κ3) is 1.78. The molecule has 0 bridgehead atoms. The lowest BCUT2D eigenvalue weighted by molar-refractivity contribution is 0.475. The summed E-state index contributed by atoms with van der Waals surface area (Å²) in [4.78, 5) is 0. The number of nitrogens with zero attached hydrogens (tertiary/aromatic N) is 1. The van der Waals surface area contributed by atoms with Crippen LogP contribution in [0.1, 0.15) is 11.1 Å². The lowest BCUT2D eigenvalue weighted by atomic mass is 10.1. The number of phenols is 1. The van der Waals surface area contributed by atoms with E-state index in [1.165, 1.54) is 0 Å². The Bertz CT molecular complexity index is 391. The molecule has 0 aliphatic heterocycles. The molecule has 0 saturated carbocycles. The fourth-order valence-electron chi connectivity index (χ4n) is 0.840. The summed E-state index contributed by atoms with van der Waals surface area (Å²) in [5, 5.41) is 17.3. The predicted molar refractivity (Wildman–Crippen MR) is 45.3 cm³/mol. The highest BCUT2D eigenvalue weighted by molar-refractivity contribution is 5.46. The maximum atomic E-state index is 9.09. The average Bonchev–Trinajstić information content (AvgIpc) is 2.07. The predicted octanol–water partition coefficient (Wildman–Crippen LogP) is 1.58. The Labute approximate surface area is 71.1 Å². The van der Waals surface area contributed by atoms with Crippen LogP contribution >= 0.6 is 0 Å². The SMILES string of the molecule is Cc1ccc(O)cc1C#CC#N. The van der Waals surface area contributed by atoms with E-state index in [2.05, 4.69) is 11.8 Å². The quantitative estimate of drug-likeness (QED) is 0.581. The van der Waals surface area contributed by atoms with E-state index < -0.39 is 0 Å². The van der Waals surface area contributed by atoms with E-state index in [1.807, 2.05) is 6.92 Å². The van der Waals surface area contributed by atoms with Gasteiger partial charge in [-0.15, -0.1) is 0 Å². The third-order valence-electron chi connectivity index (χ3n) is 1.47. The topological polar surface area (TPSA) is 44.0 Å². The van der Waals surface area contributed by atoms with Gasteiger partial charge in [0.05, 0.1) is 0 Å². The maximum Gasteiger partial charge on any atom is 0.152 e. The summed E-state index contributed by atoms with van der Waals surface area (Å²) < 4.78 is 0. The van der Waals surface area contributed by atoms with Gasteiger partial charge in [0.2, 0.25) is 0 Å². The van der Waals surface area contributed by atoms with Gasteiger partial charge in [-0.05, 0) is 24.6 Å². The van der Waals surface area contributed by atoms with Gasteiger partial charge in [-0.3, -0.25) is 0 Å². The van der Waals surface area contributed by atoms with Crippen LogP contribution in [0.15, 0.2) is 18.2 Å². The standard InChI is InChI=1S/C10H7NO/c1-8-4-5-10(12)7-9(8)3-2-6-11/h4-5,7,12H,1H3. The number of aryl methyl sites for hydroxylation is 1. The third-order valence-corrected chi connectivity index (χ3v) is 1.47. The van der Waals surface area contributed by atoms with Crippen LogP contribution < -0.4 is 0 Å². The van der Waals surface area contributed by atoms with Gasteiger partial charge < -0.3 is 5.11 Å². The Balaban J connectivity index is 3.16. The summed E-state index contributed by atoms with van der Waals surface area (Å²) in [5.41, 5.74) is 1.65. The van der Waals surface area contributed by atoms with Crippen LogP contribution in [0.3, 0.4) is 0 Å². The van der Waals surface area contributed by atoms with Crippen molar-refractivity contribution in [3.05, 3.63) is 29.3 Å². The molecule has 0 atom stereocenters. The van der Waals surface area contributed by atoms with Gasteiger partial charge in [0.1, 0.15) is 5.75 Å². The van der Waals surface area contributed by atoms with Crippen molar-refractivity contribution in [1.29, 1.82) is 5.26 Å². The maximum absolute atomic E-state index is 9.09. The highest BCUT2D eigenvalue weighted by Crippen LogP contribution is 2.14. The van der Waals surface area contributed by atoms with E-state index in [4.69, 9.17) is 10.4 Å². The second-order valence-corrected chi connectivity index (χ2v) is 2.36. The van der Waals surface area contributed by atoms with Crippen molar-refractivity contribution in [2.24, 2.45) is 0 Å². The van der Waals surface area contributed by atoms with Gasteiger partial charge in [-0.25, -0.2) is 0 Å². The first-order chi connectivity index (χ1) is 5.74. The summed E-state index contributed by atoms with van der Waals surface area (Å²) in [6, 6.07) is 6.61. The van der Waals surface area contributed by atoms with Crippen LogP contribution in [-0.2, 0) is 0 Å². The second-order valence-electron chi connectivity index (χ2n) is 2.36. The van der Waals surface area contributed by atoms with Crippen LogP contribution in [0.25, 0.3) is 0 Å². The summed E-state index contributed by atoms with van der Waals surface area (Å²) in [6.45, 7) is 1.88. The van der Waals surface area contributed by atoms with Gasteiger partial charge in [0, 0.05) is 11.5 Å². The van der Waals surface area contributed by atoms with E-state index in [1.54, 1.807) is 24.3 Å². The van der Waals surface area contributed by atoms with Gasteiger partial charge in [0.15, 0.2) is 6.07 Å². The van der Waals surface area contributed by atoms with Crippen LogP contribution in [0.5, 0.6) is 5.75 Å². The first kappa shape index (κ1) is 8.17. The van der Waals surface area contributed by atoms with Gasteiger partial charge >= 0.3 is 0 Å². The first-order valence-electron chi connectivity index (χ1n) is 3.44. The lowest BCUT2D eigenvalue weighted by Crippen LogP contribution is -1.80. The molecule has 58 valence electrons. The monoisotopic (exact) mass is 157 g/mol. The van der Waals surface area contributed by atoms with Crippen molar-refractivity contribution in [1.82, 2.24) is 0 Å². The molecule has 0 radical (unpaired) electrons. The zero-order valence-electron chi connectivity index (χ0n) is 6.63. The van der Waals surface area contributed by atoms with Crippen molar-refractivity contribution in [2.45, 2.75) is 6.92 Å². The summed E-state index contributed by atoms with van der Waals surface area (Å²) >= 11 is 0. The molecule has 1 aromatic rings. The molecule has 0 spiro atoms.